The Hall–Kier alpha value is -2.89. The Balaban J connectivity index is 1.18. The largest absolute Gasteiger partial charge is 0.386 e. The first kappa shape index (κ1) is 31.7. The summed E-state index contributed by atoms with van der Waals surface area (Å²) in [6.07, 6.45) is -11.5. The zero-order valence-electron chi connectivity index (χ0n) is 22.7. The highest BCUT2D eigenvalue weighted by Crippen LogP contribution is 2.58. The lowest BCUT2D eigenvalue weighted by Crippen LogP contribution is -2.37. The summed E-state index contributed by atoms with van der Waals surface area (Å²) in [6, 6.07) is 0. The third-order valence-electron chi connectivity index (χ3n) is 7.30. The van der Waals surface area contributed by atoms with Crippen molar-refractivity contribution in [3.8, 4) is 0 Å². The lowest BCUT2D eigenvalue weighted by atomic mass is 10.1. The molecule has 3 fully saturated rings. The average Bonchev–Trinajstić information content (AvgIpc) is 3.72. The number of imidazole rings is 2. The minimum Gasteiger partial charge on any atom is -0.369 e. The Kier molecular flexibility index (Phi) is 7.84. The molecule has 46 heavy (non-hydrogen) atoms. The van der Waals surface area contributed by atoms with E-state index >= 15 is 8.78 Å². The van der Waals surface area contributed by atoms with E-state index in [0.29, 0.717) is 0 Å². The van der Waals surface area contributed by atoms with E-state index in [4.69, 9.17) is 50.8 Å². The number of nitrogen functional groups attached to an aromatic ring is 2. The molecule has 0 radical (unpaired) electrons. The molecule has 4 aromatic rings. The normalized spacial score (nSPS) is 37.1. The van der Waals surface area contributed by atoms with Gasteiger partial charge in [0.1, 0.15) is 24.4 Å². The van der Waals surface area contributed by atoms with Gasteiger partial charge < -0.3 is 30.4 Å². The fourth-order valence-corrected chi connectivity index (χ4v) is 8.24. The zero-order chi connectivity index (χ0) is 32.7. The van der Waals surface area contributed by atoms with Crippen molar-refractivity contribution in [1.82, 2.24) is 39.0 Å². The molecule has 4 aromatic heterocycles. The summed E-state index contributed by atoms with van der Waals surface area (Å²) in [5.74, 6) is -0.552. The number of nitrogens with zero attached hydrogens (tertiary/aromatic N) is 6. The number of aromatic nitrogens is 8. The molecule has 7 N–H and O–H groups in total. The van der Waals surface area contributed by atoms with Crippen LogP contribution >= 0.6 is 25.8 Å². The third kappa shape index (κ3) is 5.56. The number of ether oxygens (including phenoxy) is 2. The van der Waals surface area contributed by atoms with E-state index in [1.54, 1.807) is 0 Å². The van der Waals surface area contributed by atoms with Crippen LogP contribution < -0.4 is 22.6 Å². The van der Waals surface area contributed by atoms with Crippen LogP contribution in [0.3, 0.4) is 0 Å². The van der Waals surface area contributed by atoms with Crippen molar-refractivity contribution in [2.45, 2.75) is 49.2 Å². The summed E-state index contributed by atoms with van der Waals surface area (Å²) in [4.78, 5) is 55.7. The molecule has 26 heteroatoms. The second-order valence-electron chi connectivity index (χ2n) is 10.2. The van der Waals surface area contributed by atoms with E-state index < -0.39 is 87.1 Å². The number of hydrogen-bond acceptors (Lipinski definition) is 16. The number of H-pyrrole nitrogens is 2. The number of hydrogen-bond donors (Lipinski definition) is 6. The van der Waals surface area contributed by atoms with Gasteiger partial charge in [-0.15, -0.1) is 0 Å². The van der Waals surface area contributed by atoms with Crippen LogP contribution in [-0.4, -0.2) is 93.9 Å². The van der Waals surface area contributed by atoms with Crippen molar-refractivity contribution >= 4 is 71.8 Å². The Morgan fingerprint density at radius 2 is 1.35 bits per heavy atom. The summed E-state index contributed by atoms with van der Waals surface area (Å²) < 4.78 is 80.8. The molecule has 7 heterocycles. The second-order valence-corrected chi connectivity index (χ2v) is 15.9. The molecule has 5 unspecified atom stereocenters. The van der Waals surface area contributed by atoms with Crippen LogP contribution in [0.2, 0.25) is 0 Å². The van der Waals surface area contributed by atoms with Crippen LogP contribution in [-0.2, 0) is 43.9 Å². The van der Waals surface area contributed by atoms with E-state index in [9.17, 15) is 19.0 Å². The van der Waals surface area contributed by atoms with Gasteiger partial charge in [-0.2, -0.15) is 9.97 Å². The van der Waals surface area contributed by atoms with Gasteiger partial charge in [0.25, 0.3) is 11.1 Å². The van der Waals surface area contributed by atoms with Crippen molar-refractivity contribution in [1.29, 1.82) is 0 Å². The maximum absolute atomic E-state index is 16.0. The molecule has 0 amide bonds. The van der Waals surface area contributed by atoms with Crippen LogP contribution in [0.5, 0.6) is 0 Å². The predicted molar refractivity (Wildman–Crippen MR) is 157 cm³/mol. The molecule has 248 valence electrons. The number of nitrogens with one attached hydrogen (secondary N) is 2. The molecule has 0 aromatic carbocycles. The Morgan fingerprint density at radius 3 is 1.85 bits per heavy atom. The van der Waals surface area contributed by atoms with Crippen molar-refractivity contribution < 1.29 is 45.8 Å². The van der Waals surface area contributed by atoms with Crippen molar-refractivity contribution in [2.75, 3.05) is 24.7 Å². The Labute approximate surface area is 263 Å². The minimum atomic E-state index is -4.47. The van der Waals surface area contributed by atoms with Gasteiger partial charge in [-0.3, -0.25) is 42.3 Å². The number of halogens is 2. The molecular weight excluding hydrogens is 704 g/mol. The van der Waals surface area contributed by atoms with Crippen LogP contribution in [0.1, 0.15) is 12.5 Å². The molecule has 0 saturated carbocycles. The average molecular weight is 727 g/mol. The molecule has 0 spiro atoms. The number of rotatable bonds is 2. The highest BCUT2D eigenvalue weighted by Gasteiger charge is 2.54. The van der Waals surface area contributed by atoms with E-state index in [1.165, 1.54) is 0 Å². The number of anilines is 2. The first-order valence-electron chi connectivity index (χ1n) is 13.1. The molecule has 3 aliphatic rings. The second kappa shape index (κ2) is 11.4. The van der Waals surface area contributed by atoms with Crippen LogP contribution in [0.25, 0.3) is 22.3 Å². The first-order chi connectivity index (χ1) is 21.7. The molecule has 0 bridgehead atoms. The Bertz CT molecular complexity index is 1920. The quantitative estimate of drug-likeness (QED) is 0.117. The lowest BCUT2D eigenvalue weighted by Gasteiger charge is -2.29. The maximum atomic E-state index is 16.0. The third-order valence-corrected chi connectivity index (χ3v) is 10.5. The minimum absolute atomic E-state index is 0.128. The Morgan fingerprint density at radius 1 is 0.891 bits per heavy atom. The SMILES string of the molecule is Nc1nc2c(ncn2[C@@H]2OC3COP(O)(=S)OC4C(COP(=O)(S)O[C@H]3[C@H]2F)O[C@@H](n2cnc3c(=O)[nH]c(N)nc32)[C@@H]4F)c(=O)[nH]1. The standard InChI is InChI=1S/C20H22F2N10O10P2S2/c21-7-11-5(39-17(7)31-3-25-9-13(31)27-19(23)29-15(9)33)1-37-43(35,45)42-12-6(2-38-44(36,46)41-11)40-18(8(12)22)32-4-26-10-14(32)28-20(24)30-16(10)34/h3-8,11-12,17-18H,1-2H2,(H,35,45)(H,36,46)(H3,23,27,29,33)(H3,24,28,30,34)/t5?,6?,7-,8-,11-,12?,17-,18-,43?,44?/m1/s1. The topological polar surface area (TPSA) is 272 Å². The van der Waals surface area contributed by atoms with Gasteiger partial charge in [0.15, 0.2) is 47.1 Å². The van der Waals surface area contributed by atoms with Crippen molar-refractivity contribution in [2.24, 2.45) is 0 Å². The van der Waals surface area contributed by atoms with Crippen molar-refractivity contribution in [3.05, 3.63) is 33.4 Å². The summed E-state index contributed by atoms with van der Waals surface area (Å²) in [5.41, 5.74) is 9.28. The molecule has 0 aliphatic carbocycles. The van der Waals surface area contributed by atoms with E-state index in [1.807, 2.05) is 0 Å². The molecule has 20 nitrogen and oxygen atoms in total. The van der Waals surface area contributed by atoms with Crippen LogP contribution in [0.4, 0.5) is 20.7 Å². The van der Waals surface area contributed by atoms with Gasteiger partial charge in [0.05, 0.1) is 25.9 Å². The number of alkyl halides is 2. The molecule has 7 rings (SSSR count). The highest BCUT2D eigenvalue weighted by molar-refractivity contribution is 8.44. The summed E-state index contributed by atoms with van der Waals surface area (Å²) >= 11 is 9.07. The van der Waals surface area contributed by atoms with Gasteiger partial charge in [-0.25, -0.2) is 23.3 Å². The van der Waals surface area contributed by atoms with E-state index in [0.717, 1.165) is 21.8 Å². The van der Waals surface area contributed by atoms with Gasteiger partial charge in [-0.1, -0.05) is 12.2 Å². The van der Waals surface area contributed by atoms with Gasteiger partial charge in [0.2, 0.25) is 11.9 Å². The molecular formula is C20H22F2N10O10P2S2. The summed E-state index contributed by atoms with van der Waals surface area (Å²) in [5, 5.41) is 0. The fraction of sp³-hybridized carbons (Fsp3) is 0.500. The predicted octanol–water partition coefficient (Wildman–Crippen LogP) is -0.0399. The maximum Gasteiger partial charge on any atom is 0.386 e. The van der Waals surface area contributed by atoms with Crippen LogP contribution in [0.15, 0.2) is 22.2 Å². The fourth-order valence-electron chi connectivity index (χ4n) is 5.32. The summed E-state index contributed by atoms with van der Waals surface area (Å²) in [6.45, 7) is -10.2. The number of thiol groups is 1. The molecule has 10 atom stereocenters. The van der Waals surface area contributed by atoms with Gasteiger partial charge in [0, 0.05) is 0 Å². The summed E-state index contributed by atoms with van der Waals surface area (Å²) in [7, 11) is 0. The first-order valence-corrected chi connectivity index (χ1v) is 18.3. The van der Waals surface area contributed by atoms with Gasteiger partial charge >= 0.3 is 13.5 Å². The smallest absolute Gasteiger partial charge is 0.369 e. The van der Waals surface area contributed by atoms with Crippen LogP contribution in [0, 0.1) is 0 Å². The van der Waals surface area contributed by atoms with E-state index in [2.05, 4.69) is 42.2 Å². The monoisotopic (exact) mass is 726 g/mol. The van der Waals surface area contributed by atoms with E-state index in [-0.39, 0.29) is 34.2 Å². The highest BCUT2D eigenvalue weighted by atomic mass is 32.7. The molecule has 3 aliphatic heterocycles. The number of aromatic amines is 2. The van der Waals surface area contributed by atoms with Gasteiger partial charge in [-0.05, 0) is 11.8 Å². The zero-order valence-corrected chi connectivity index (χ0v) is 26.2. The molecule has 3 saturated heterocycles. The van der Waals surface area contributed by atoms with Crippen molar-refractivity contribution in [3.63, 3.8) is 0 Å². The number of nitrogens with two attached hydrogens (primary N) is 2. The number of fused-ring (bicyclic) bond motifs is 4. The lowest BCUT2D eigenvalue weighted by molar-refractivity contribution is -0.0564.